The van der Waals surface area contributed by atoms with Crippen molar-refractivity contribution in [2.24, 2.45) is 0 Å². The van der Waals surface area contributed by atoms with Crippen molar-refractivity contribution in [3.63, 3.8) is 0 Å². The maximum absolute atomic E-state index is 13.7. The van der Waals surface area contributed by atoms with Crippen LogP contribution in [0.5, 0.6) is 0 Å². The number of nitrogens with one attached hydrogen (secondary N) is 1. The van der Waals surface area contributed by atoms with Gasteiger partial charge in [-0.25, -0.2) is 0 Å². The van der Waals surface area contributed by atoms with Crippen molar-refractivity contribution in [1.29, 1.82) is 0 Å². The minimum absolute atomic E-state index is 0.0948. The first-order chi connectivity index (χ1) is 17.5. The Labute approximate surface area is 212 Å². The van der Waals surface area contributed by atoms with Crippen LogP contribution in [0.3, 0.4) is 0 Å². The molecule has 3 aromatic rings. The fourth-order valence-corrected chi connectivity index (χ4v) is 5.50. The first-order valence-corrected chi connectivity index (χ1v) is 13.0. The fraction of sp³-hybridized carbons (Fsp3) is 0.367. The first kappa shape index (κ1) is 24.0. The molecule has 3 aromatic carbocycles. The maximum atomic E-state index is 13.7. The quantitative estimate of drug-likeness (QED) is 0.505. The van der Waals surface area contributed by atoms with Crippen molar-refractivity contribution in [2.45, 2.75) is 57.5 Å². The molecule has 186 valence electrons. The second kappa shape index (κ2) is 10.5. The molecule has 0 spiro atoms. The highest BCUT2D eigenvalue weighted by atomic mass is 16.2. The monoisotopic (exact) mass is 483 g/mol. The number of anilines is 1. The molecule has 1 aliphatic heterocycles. The highest BCUT2D eigenvalue weighted by molar-refractivity contribution is 6.26. The van der Waals surface area contributed by atoms with Gasteiger partial charge in [0.2, 0.25) is 11.8 Å². The van der Waals surface area contributed by atoms with Gasteiger partial charge in [-0.1, -0.05) is 73.9 Å². The molecular weight excluding hydrogens is 450 g/mol. The minimum Gasteiger partial charge on any atom is -0.352 e. The number of hydrogen-bond donors (Lipinski definition) is 1. The van der Waals surface area contributed by atoms with E-state index in [9.17, 15) is 14.4 Å². The van der Waals surface area contributed by atoms with Gasteiger partial charge in [0.1, 0.15) is 12.6 Å². The second-order valence-electron chi connectivity index (χ2n) is 9.91. The smallest absolute Gasteiger partial charge is 0.259 e. The molecule has 0 radical (unpaired) electrons. The Morgan fingerprint density at radius 2 is 1.69 bits per heavy atom. The Kier molecular flexibility index (Phi) is 7.03. The van der Waals surface area contributed by atoms with Crippen molar-refractivity contribution in [2.75, 3.05) is 18.0 Å². The van der Waals surface area contributed by atoms with Gasteiger partial charge >= 0.3 is 0 Å². The molecule has 5 rings (SSSR count). The summed E-state index contributed by atoms with van der Waals surface area (Å²) in [6.07, 6.45) is 6.07. The largest absolute Gasteiger partial charge is 0.352 e. The summed E-state index contributed by atoms with van der Waals surface area (Å²) in [6, 6.07) is 20.9. The van der Waals surface area contributed by atoms with E-state index in [1.807, 2.05) is 66.7 Å². The number of nitrogens with zero attached hydrogens (tertiary/aromatic N) is 2. The molecule has 0 bridgehead atoms. The van der Waals surface area contributed by atoms with Gasteiger partial charge in [0, 0.05) is 23.5 Å². The van der Waals surface area contributed by atoms with E-state index in [1.165, 1.54) is 6.42 Å². The second-order valence-corrected chi connectivity index (χ2v) is 9.91. The Balaban J connectivity index is 1.35. The van der Waals surface area contributed by atoms with Gasteiger partial charge in [-0.2, -0.15) is 0 Å². The van der Waals surface area contributed by atoms with E-state index in [-0.39, 0.29) is 30.3 Å². The van der Waals surface area contributed by atoms with Crippen LogP contribution < -0.4 is 10.2 Å². The molecule has 6 nitrogen and oxygen atoms in total. The zero-order valence-electron chi connectivity index (χ0n) is 20.8. The summed E-state index contributed by atoms with van der Waals surface area (Å²) in [7, 11) is 0. The Morgan fingerprint density at radius 1 is 0.972 bits per heavy atom. The molecule has 0 saturated heterocycles. The summed E-state index contributed by atoms with van der Waals surface area (Å²) in [5, 5.41) is 5.04. The van der Waals surface area contributed by atoms with Crippen molar-refractivity contribution in [3.8, 4) is 0 Å². The van der Waals surface area contributed by atoms with Crippen LogP contribution in [-0.4, -0.2) is 47.8 Å². The van der Waals surface area contributed by atoms with Crippen LogP contribution in [-0.2, 0) is 16.0 Å². The lowest BCUT2D eigenvalue weighted by Gasteiger charge is -2.32. The van der Waals surface area contributed by atoms with Crippen LogP contribution >= 0.6 is 0 Å². The standard InChI is InChI=1S/C30H33N3O3/c1-21(29(35)31-24-14-6-3-7-15-24)32(19-18-22-10-4-2-5-11-22)27(34)20-33-26-17-9-13-23-12-8-16-25(28(23)26)30(33)36/h2,4-5,8-13,16-17,21,24H,3,6-7,14-15,18-20H2,1H3,(H,31,35)/t21-/m0/s1. The Morgan fingerprint density at radius 3 is 2.44 bits per heavy atom. The third-order valence-corrected chi connectivity index (χ3v) is 7.55. The van der Waals surface area contributed by atoms with E-state index in [2.05, 4.69) is 5.32 Å². The summed E-state index contributed by atoms with van der Waals surface area (Å²) in [5.74, 6) is -0.519. The molecule has 1 aliphatic carbocycles. The summed E-state index contributed by atoms with van der Waals surface area (Å²) in [5.41, 5.74) is 2.48. The first-order valence-electron chi connectivity index (χ1n) is 13.0. The van der Waals surface area contributed by atoms with Gasteiger partial charge in [0.25, 0.3) is 5.91 Å². The Hall–Kier alpha value is -3.67. The van der Waals surface area contributed by atoms with Gasteiger partial charge in [-0.3, -0.25) is 19.3 Å². The summed E-state index contributed by atoms with van der Waals surface area (Å²) in [6.45, 7) is 2.10. The molecule has 1 fully saturated rings. The topological polar surface area (TPSA) is 69.7 Å². The van der Waals surface area contributed by atoms with Crippen LogP contribution in [0.15, 0.2) is 66.7 Å². The average Bonchev–Trinajstić information content (AvgIpc) is 3.18. The molecule has 6 heteroatoms. The Bertz CT molecular complexity index is 1260. The molecule has 2 aliphatic rings. The van der Waals surface area contributed by atoms with Crippen molar-refractivity contribution < 1.29 is 14.4 Å². The van der Waals surface area contributed by atoms with E-state index >= 15 is 0 Å². The summed E-state index contributed by atoms with van der Waals surface area (Å²) < 4.78 is 0. The predicted molar refractivity (Wildman–Crippen MR) is 142 cm³/mol. The number of rotatable bonds is 8. The molecule has 0 aromatic heterocycles. The summed E-state index contributed by atoms with van der Waals surface area (Å²) in [4.78, 5) is 43.4. The van der Waals surface area contributed by atoms with E-state index < -0.39 is 6.04 Å². The van der Waals surface area contributed by atoms with E-state index in [0.717, 1.165) is 47.7 Å². The lowest BCUT2D eigenvalue weighted by molar-refractivity contribution is -0.139. The third kappa shape index (κ3) is 4.85. The number of carbonyl (C=O) groups is 3. The third-order valence-electron chi connectivity index (χ3n) is 7.55. The van der Waals surface area contributed by atoms with E-state index in [1.54, 1.807) is 16.7 Å². The lowest BCUT2D eigenvalue weighted by Crippen LogP contribution is -2.53. The fourth-order valence-electron chi connectivity index (χ4n) is 5.50. The average molecular weight is 484 g/mol. The van der Waals surface area contributed by atoms with Gasteiger partial charge in [-0.15, -0.1) is 0 Å². The normalized spacial score (nSPS) is 16.2. The molecular formula is C30H33N3O3. The van der Waals surface area contributed by atoms with Crippen LogP contribution in [0.4, 0.5) is 5.69 Å². The van der Waals surface area contributed by atoms with E-state index in [4.69, 9.17) is 0 Å². The van der Waals surface area contributed by atoms with Gasteiger partial charge in [0.05, 0.1) is 5.69 Å². The van der Waals surface area contributed by atoms with Gasteiger partial charge in [0.15, 0.2) is 0 Å². The number of amides is 3. The van der Waals surface area contributed by atoms with E-state index in [0.29, 0.717) is 18.5 Å². The zero-order chi connectivity index (χ0) is 25.1. The molecule has 3 amide bonds. The van der Waals surface area contributed by atoms with Crippen LogP contribution in [0, 0.1) is 0 Å². The highest BCUT2D eigenvalue weighted by Crippen LogP contribution is 2.37. The molecule has 36 heavy (non-hydrogen) atoms. The van der Waals surface area contributed by atoms with Crippen LogP contribution in [0.2, 0.25) is 0 Å². The molecule has 1 atom stereocenters. The number of benzene rings is 3. The van der Waals surface area contributed by atoms with Crippen molar-refractivity contribution in [1.82, 2.24) is 10.2 Å². The summed E-state index contributed by atoms with van der Waals surface area (Å²) >= 11 is 0. The molecule has 1 N–H and O–H groups in total. The van der Waals surface area contributed by atoms with Gasteiger partial charge in [-0.05, 0) is 49.3 Å². The molecule has 1 heterocycles. The minimum atomic E-state index is -0.626. The number of carbonyl (C=O) groups excluding carboxylic acids is 3. The van der Waals surface area contributed by atoms with Crippen LogP contribution in [0.1, 0.15) is 54.9 Å². The van der Waals surface area contributed by atoms with Crippen molar-refractivity contribution >= 4 is 34.2 Å². The van der Waals surface area contributed by atoms with Crippen molar-refractivity contribution in [3.05, 3.63) is 77.9 Å². The highest BCUT2D eigenvalue weighted by Gasteiger charge is 2.34. The van der Waals surface area contributed by atoms with Gasteiger partial charge < -0.3 is 10.2 Å². The lowest BCUT2D eigenvalue weighted by atomic mass is 9.95. The molecule has 1 saturated carbocycles. The predicted octanol–water partition coefficient (Wildman–Crippen LogP) is 4.71. The number of hydrogen-bond acceptors (Lipinski definition) is 3. The molecule has 0 unspecified atom stereocenters. The maximum Gasteiger partial charge on any atom is 0.259 e. The zero-order valence-corrected chi connectivity index (χ0v) is 20.8. The van der Waals surface area contributed by atoms with Crippen LogP contribution in [0.25, 0.3) is 10.8 Å². The SMILES string of the molecule is C[C@@H](C(=O)NC1CCCCC1)N(CCc1ccccc1)C(=O)CN1C(=O)c2cccc3cccc1c23.